The second-order valence-corrected chi connectivity index (χ2v) is 7.95. The highest BCUT2D eigenvalue weighted by atomic mass is 16.5. The van der Waals surface area contributed by atoms with E-state index in [9.17, 15) is 10.2 Å². The molecule has 2 aliphatic rings. The highest BCUT2D eigenvalue weighted by Crippen LogP contribution is 2.28. The predicted octanol–water partition coefficient (Wildman–Crippen LogP) is 1.37. The van der Waals surface area contributed by atoms with Crippen molar-refractivity contribution in [3.05, 3.63) is 11.8 Å². The molecule has 7 nitrogen and oxygen atoms in total. The Morgan fingerprint density at radius 3 is 2.80 bits per heavy atom. The summed E-state index contributed by atoms with van der Waals surface area (Å²) in [6.07, 6.45) is 2.63. The molecule has 0 aromatic carbocycles. The lowest BCUT2D eigenvalue weighted by atomic mass is 9.89. The van der Waals surface area contributed by atoms with E-state index in [1.54, 1.807) is 0 Å². The third-order valence-electron chi connectivity index (χ3n) is 4.99. The lowest BCUT2D eigenvalue weighted by Crippen LogP contribution is -2.51. The van der Waals surface area contributed by atoms with Gasteiger partial charge in [-0.15, -0.1) is 0 Å². The molecule has 0 spiro atoms. The van der Waals surface area contributed by atoms with Gasteiger partial charge in [0.1, 0.15) is 5.82 Å². The van der Waals surface area contributed by atoms with E-state index in [1.165, 1.54) is 0 Å². The average molecular weight is 350 g/mol. The summed E-state index contributed by atoms with van der Waals surface area (Å²) in [7, 11) is 0. The first-order valence-electron chi connectivity index (χ1n) is 9.21. The number of aromatic nitrogens is 2. The third-order valence-corrected chi connectivity index (χ3v) is 4.99. The van der Waals surface area contributed by atoms with E-state index in [-0.39, 0.29) is 18.1 Å². The maximum Gasteiger partial charge on any atom is 0.227 e. The molecule has 3 N–H and O–H groups in total. The summed E-state index contributed by atoms with van der Waals surface area (Å²) in [5.41, 5.74) is 0.973. The summed E-state index contributed by atoms with van der Waals surface area (Å²) >= 11 is 0. The standard InChI is InChI=1S/C18H30N4O3/c1-18(2,12-23)5-3-6-19-16-8-15(13-4-7-25-11-13)20-17(21-16)22-9-14(24)10-22/h8,13-14,23-24H,3-7,9-12H2,1-2H3,(H,19,20,21). The van der Waals surface area contributed by atoms with E-state index < -0.39 is 0 Å². The van der Waals surface area contributed by atoms with E-state index in [4.69, 9.17) is 9.72 Å². The first-order chi connectivity index (χ1) is 12.0. The van der Waals surface area contributed by atoms with Gasteiger partial charge in [0.2, 0.25) is 5.95 Å². The zero-order valence-electron chi connectivity index (χ0n) is 15.2. The third kappa shape index (κ3) is 4.80. The lowest BCUT2D eigenvalue weighted by molar-refractivity contribution is 0.140. The number of nitrogens with one attached hydrogen (secondary N) is 1. The van der Waals surface area contributed by atoms with Crippen molar-refractivity contribution in [1.82, 2.24) is 9.97 Å². The van der Waals surface area contributed by atoms with Crippen molar-refractivity contribution < 1.29 is 14.9 Å². The van der Waals surface area contributed by atoms with Crippen molar-refractivity contribution in [2.45, 2.75) is 45.1 Å². The number of nitrogens with zero attached hydrogens (tertiary/aromatic N) is 3. The van der Waals surface area contributed by atoms with Gasteiger partial charge < -0.3 is 25.2 Å². The van der Waals surface area contributed by atoms with Crippen LogP contribution in [0.4, 0.5) is 11.8 Å². The van der Waals surface area contributed by atoms with Crippen LogP contribution >= 0.6 is 0 Å². The number of hydrogen-bond acceptors (Lipinski definition) is 7. The van der Waals surface area contributed by atoms with Crippen LogP contribution in [0.25, 0.3) is 0 Å². The normalized spacial score (nSPS) is 21.4. The van der Waals surface area contributed by atoms with Gasteiger partial charge in [-0.25, -0.2) is 4.98 Å². The minimum Gasteiger partial charge on any atom is -0.396 e. The van der Waals surface area contributed by atoms with Crippen molar-refractivity contribution in [3.63, 3.8) is 0 Å². The molecule has 7 heteroatoms. The van der Waals surface area contributed by atoms with Gasteiger partial charge >= 0.3 is 0 Å². The van der Waals surface area contributed by atoms with E-state index in [0.29, 0.717) is 31.6 Å². The van der Waals surface area contributed by atoms with Crippen molar-refractivity contribution in [1.29, 1.82) is 0 Å². The van der Waals surface area contributed by atoms with Crippen molar-refractivity contribution in [2.75, 3.05) is 49.7 Å². The monoisotopic (exact) mass is 350 g/mol. The molecule has 25 heavy (non-hydrogen) atoms. The second-order valence-electron chi connectivity index (χ2n) is 7.95. The van der Waals surface area contributed by atoms with Crippen LogP contribution in [0.1, 0.15) is 44.7 Å². The second kappa shape index (κ2) is 7.85. The van der Waals surface area contributed by atoms with Crippen LogP contribution in [0.3, 0.4) is 0 Å². The molecule has 1 aromatic heterocycles. The van der Waals surface area contributed by atoms with Gasteiger partial charge in [0.05, 0.1) is 18.4 Å². The minimum absolute atomic E-state index is 0.0430. The zero-order chi connectivity index (χ0) is 17.9. The molecule has 3 rings (SSSR count). The number of anilines is 2. The predicted molar refractivity (Wildman–Crippen MR) is 97.0 cm³/mol. The van der Waals surface area contributed by atoms with Crippen molar-refractivity contribution in [3.8, 4) is 0 Å². The molecule has 0 bridgehead atoms. The van der Waals surface area contributed by atoms with Crippen molar-refractivity contribution in [2.24, 2.45) is 5.41 Å². The van der Waals surface area contributed by atoms with Gasteiger partial charge in [-0.2, -0.15) is 4.98 Å². The Morgan fingerprint density at radius 2 is 2.16 bits per heavy atom. The van der Waals surface area contributed by atoms with Gasteiger partial charge in [0.15, 0.2) is 0 Å². The molecule has 2 aliphatic heterocycles. The molecule has 0 saturated carbocycles. The molecule has 140 valence electrons. The van der Waals surface area contributed by atoms with Crippen LogP contribution in [0.2, 0.25) is 0 Å². The van der Waals surface area contributed by atoms with Gasteiger partial charge in [-0.05, 0) is 24.7 Å². The van der Waals surface area contributed by atoms with Crippen LogP contribution < -0.4 is 10.2 Å². The Balaban J connectivity index is 1.64. The fourth-order valence-electron chi connectivity index (χ4n) is 3.14. The Kier molecular flexibility index (Phi) is 5.76. The minimum atomic E-state index is -0.279. The number of hydrogen-bond donors (Lipinski definition) is 3. The van der Waals surface area contributed by atoms with Gasteiger partial charge in [-0.1, -0.05) is 13.8 Å². The zero-order valence-corrected chi connectivity index (χ0v) is 15.2. The number of rotatable bonds is 8. The number of ether oxygens (including phenoxy) is 1. The van der Waals surface area contributed by atoms with Gasteiger partial charge in [0.25, 0.3) is 0 Å². The molecule has 2 saturated heterocycles. The van der Waals surface area contributed by atoms with Gasteiger partial charge in [-0.3, -0.25) is 0 Å². The molecule has 1 atom stereocenters. The quantitative estimate of drug-likeness (QED) is 0.610. The fourth-order valence-corrected chi connectivity index (χ4v) is 3.14. The SMILES string of the molecule is CC(C)(CO)CCCNc1cc(C2CCOC2)nc(N2CC(O)C2)n1. The average Bonchev–Trinajstić information content (AvgIpc) is 3.10. The molecular formula is C18H30N4O3. The van der Waals surface area contributed by atoms with E-state index in [1.807, 2.05) is 11.0 Å². The summed E-state index contributed by atoms with van der Waals surface area (Å²) in [5, 5.41) is 22.3. The van der Waals surface area contributed by atoms with Crippen LogP contribution in [0.15, 0.2) is 6.07 Å². The number of β-amino-alcohol motifs (C(OH)–C–C–N with tert-alkyl or cyclic N) is 1. The number of aliphatic hydroxyl groups excluding tert-OH is 2. The highest BCUT2D eigenvalue weighted by Gasteiger charge is 2.28. The molecule has 0 aliphatic carbocycles. The lowest BCUT2D eigenvalue weighted by Gasteiger charge is -2.36. The summed E-state index contributed by atoms with van der Waals surface area (Å²) < 4.78 is 5.50. The highest BCUT2D eigenvalue weighted by molar-refractivity contribution is 5.46. The Hall–Kier alpha value is -1.44. The molecule has 1 unspecified atom stereocenters. The molecule has 0 amide bonds. The maximum atomic E-state index is 9.55. The summed E-state index contributed by atoms with van der Waals surface area (Å²) in [5.74, 6) is 1.84. The van der Waals surface area contributed by atoms with Gasteiger partial charge in [0, 0.05) is 44.8 Å². The molecule has 3 heterocycles. The molecular weight excluding hydrogens is 320 g/mol. The first-order valence-corrected chi connectivity index (χ1v) is 9.21. The Labute approximate surface area is 149 Å². The van der Waals surface area contributed by atoms with E-state index in [2.05, 4.69) is 24.1 Å². The largest absolute Gasteiger partial charge is 0.396 e. The van der Waals surface area contributed by atoms with Crippen LogP contribution in [-0.4, -0.2) is 65.7 Å². The smallest absolute Gasteiger partial charge is 0.227 e. The van der Waals surface area contributed by atoms with Crippen LogP contribution in [0, 0.1) is 5.41 Å². The van der Waals surface area contributed by atoms with E-state index >= 15 is 0 Å². The number of aliphatic hydroxyl groups is 2. The molecule has 2 fully saturated rings. The topological polar surface area (TPSA) is 90.7 Å². The van der Waals surface area contributed by atoms with Crippen molar-refractivity contribution >= 4 is 11.8 Å². The van der Waals surface area contributed by atoms with Crippen LogP contribution in [0.5, 0.6) is 0 Å². The fraction of sp³-hybridized carbons (Fsp3) is 0.778. The van der Waals surface area contributed by atoms with Crippen LogP contribution in [-0.2, 0) is 4.74 Å². The Bertz CT molecular complexity index is 569. The Morgan fingerprint density at radius 1 is 1.36 bits per heavy atom. The van der Waals surface area contributed by atoms with E-state index in [0.717, 1.165) is 43.9 Å². The summed E-state index contributed by atoms with van der Waals surface area (Å²) in [6.45, 7) is 7.83. The first kappa shape index (κ1) is 18.4. The maximum absolute atomic E-state index is 9.55. The molecule has 1 aromatic rings. The summed E-state index contributed by atoms with van der Waals surface area (Å²) in [4.78, 5) is 11.3. The molecule has 0 radical (unpaired) electrons. The summed E-state index contributed by atoms with van der Waals surface area (Å²) in [6, 6.07) is 2.02.